The van der Waals surface area contributed by atoms with Crippen LogP contribution in [0.3, 0.4) is 0 Å². The highest BCUT2D eigenvalue weighted by Crippen LogP contribution is 2.36. The van der Waals surface area contributed by atoms with Gasteiger partial charge in [-0.2, -0.15) is 0 Å². The van der Waals surface area contributed by atoms with Gasteiger partial charge in [-0.1, -0.05) is 0 Å². The smallest absolute Gasteiger partial charge is 0.135 e. The Kier molecular flexibility index (Phi) is 2.48. The third-order valence-electron chi connectivity index (χ3n) is 4.54. The predicted molar refractivity (Wildman–Crippen MR) is 82.2 cm³/mol. The van der Waals surface area contributed by atoms with Crippen molar-refractivity contribution in [3.63, 3.8) is 0 Å². The summed E-state index contributed by atoms with van der Waals surface area (Å²) in [5.74, 6) is 0.995. The number of likely N-dealkylation sites (N-methyl/N-ethyl adjacent to an activating group) is 1. The van der Waals surface area contributed by atoms with Gasteiger partial charge in [0.1, 0.15) is 11.3 Å². The molecule has 1 aromatic carbocycles. The highest BCUT2D eigenvalue weighted by Gasteiger charge is 2.23. The Morgan fingerprint density at radius 1 is 1.30 bits per heavy atom. The van der Waals surface area contributed by atoms with E-state index in [2.05, 4.69) is 41.6 Å². The summed E-state index contributed by atoms with van der Waals surface area (Å²) in [6.45, 7) is 7.50. The molecule has 20 heavy (non-hydrogen) atoms. The second-order valence-electron chi connectivity index (χ2n) is 5.89. The van der Waals surface area contributed by atoms with Crippen LogP contribution in [0.4, 0.5) is 0 Å². The first-order valence-electron chi connectivity index (χ1n) is 7.40. The molecule has 2 aromatic heterocycles. The van der Waals surface area contributed by atoms with E-state index < -0.39 is 0 Å². The van der Waals surface area contributed by atoms with Gasteiger partial charge in [-0.05, 0) is 44.7 Å². The molecule has 3 heteroatoms. The number of benzene rings is 1. The molecular formula is C17H20N2O. The van der Waals surface area contributed by atoms with Crippen molar-refractivity contribution in [2.45, 2.75) is 33.4 Å². The van der Waals surface area contributed by atoms with Gasteiger partial charge >= 0.3 is 0 Å². The third kappa shape index (κ3) is 1.50. The standard InChI is InChI=1S/C17H20N2O/c1-4-19-14-7-8-18(3)10-13(14)17-12-9-11(2)20-16(12)6-5-15(17)19/h5-6,9H,4,7-8,10H2,1-3H3. The van der Waals surface area contributed by atoms with E-state index in [4.69, 9.17) is 4.42 Å². The largest absolute Gasteiger partial charge is 0.461 e. The Hall–Kier alpha value is -1.74. The SMILES string of the molecule is CCn1c2c(c3c4cc(C)oc4ccc31)CN(C)CC2. The molecule has 0 saturated carbocycles. The van der Waals surface area contributed by atoms with E-state index in [1.807, 2.05) is 6.92 Å². The van der Waals surface area contributed by atoms with Crippen LogP contribution in [0, 0.1) is 6.92 Å². The van der Waals surface area contributed by atoms with E-state index in [1.54, 1.807) is 0 Å². The minimum atomic E-state index is 0.995. The van der Waals surface area contributed by atoms with Gasteiger partial charge in [0.15, 0.2) is 0 Å². The molecule has 0 saturated heterocycles. The van der Waals surface area contributed by atoms with Crippen molar-refractivity contribution in [1.29, 1.82) is 0 Å². The van der Waals surface area contributed by atoms with Crippen molar-refractivity contribution in [1.82, 2.24) is 9.47 Å². The minimum Gasteiger partial charge on any atom is -0.461 e. The van der Waals surface area contributed by atoms with Crippen molar-refractivity contribution < 1.29 is 4.42 Å². The summed E-state index contributed by atoms with van der Waals surface area (Å²) in [6, 6.07) is 6.53. The fourth-order valence-corrected chi connectivity index (χ4v) is 3.69. The van der Waals surface area contributed by atoms with E-state index in [1.165, 1.54) is 27.5 Å². The van der Waals surface area contributed by atoms with E-state index in [0.29, 0.717) is 0 Å². The summed E-state index contributed by atoms with van der Waals surface area (Å²) in [5, 5.41) is 2.68. The van der Waals surface area contributed by atoms with Gasteiger partial charge in [-0.25, -0.2) is 0 Å². The van der Waals surface area contributed by atoms with Crippen LogP contribution in [0.15, 0.2) is 22.6 Å². The van der Waals surface area contributed by atoms with E-state index in [-0.39, 0.29) is 0 Å². The second-order valence-corrected chi connectivity index (χ2v) is 5.89. The quantitative estimate of drug-likeness (QED) is 0.671. The lowest BCUT2D eigenvalue weighted by Crippen LogP contribution is -2.27. The molecule has 0 fully saturated rings. The number of hydrogen-bond acceptors (Lipinski definition) is 2. The molecule has 0 bridgehead atoms. The van der Waals surface area contributed by atoms with E-state index in [9.17, 15) is 0 Å². The van der Waals surface area contributed by atoms with Crippen molar-refractivity contribution in [2.75, 3.05) is 13.6 Å². The average molecular weight is 268 g/mol. The number of furan rings is 1. The zero-order chi connectivity index (χ0) is 13.9. The molecule has 3 aromatic rings. The summed E-state index contributed by atoms with van der Waals surface area (Å²) in [4.78, 5) is 2.41. The van der Waals surface area contributed by atoms with Gasteiger partial charge in [0.25, 0.3) is 0 Å². The van der Waals surface area contributed by atoms with E-state index >= 15 is 0 Å². The molecule has 1 aliphatic heterocycles. The molecule has 1 aliphatic rings. The fraction of sp³-hybridized carbons (Fsp3) is 0.412. The average Bonchev–Trinajstić information content (AvgIpc) is 2.94. The van der Waals surface area contributed by atoms with Crippen LogP contribution in [0.5, 0.6) is 0 Å². The van der Waals surface area contributed by atoms with Gasteiger partial charge in [0, 0.05) is 48.0 Å². The molecule has 3 nitrogen and oxygen atoms in total. The fourth-order valence-electron chi connectivity index (χ4n) is 3.69. The van der Waals surface area contributed by atoms with Crippen LogP contribution in [0.1, 0.15) is 23.9 Å². The van der Waals surface area contributed by atoms with Gasteiger partial charge in [0.05, 0.1) is 0 Å². The zero-order valence-electron chi connectivity index (χ0n) is 12.4. The number of aryl methyl sites for hydroxylation is 2. The maximum absolute atomic E-state index is 5.81. The Balaban J connectivity index is 2.16. The van der Waals surface area contributed by atoms with Crippen molar-refractivity contribution >= 4 is 21.9 Å². The molecule has 0 atom stereocenters. The topological polar surface area (TPSA) is 21.3 Å². The molecule has 4 rings (SSSR count). The van der Waals surface area contributed by atoms with Crippen molar-refractivity contribution in [3.8, 4) is 0 Å². The molecule has 0 radical (unpaired) electrons. The van der Waals surface area contributed by atoms with Gasteiger partial charge < -0.3 is 13.9 Å². The molecule has 0 unspecified atom stereocenters. The monoisotopic (exact) mass is 268 g/mol. The molecule has 0 N–H and O–H groups in total. The van der Waals surface area contributed by atoms with Crippen LogP contribution in [-0.2, 0) is 19.5 Å². The summed E-state index contributed by atoms with van der Waals surface area (Å²) in [7, 11) is 2.21. The van der Waals surface area contributed by atoms with Gasteiger partial charge in [-0.15, -0.1) is 0 Å². The summed E-state index contributed by atoms with van der Waals surface area (Å²) >= 11 is 0. The lowest BCUT2D eigenvalue weighted by Gasteiger charge is -2.24. The Morgan fingerprint density at radius 3 is 2.95 bits per heavy atom. The highest BCUT2D eigenvalue weighted by atomic mass is 16.3. The molecule has 0 amide bonds. The molecular weight excluding hydrogens is 248 g/mol. The first-order valence-corrected chi connectivity index (χ1v) is 7.40. The number of hydrogen-bond donors (Lipinski definition) is 0. The molecule has 3 heterocycles. The summed E-state index contributed by atoms with van der Waals surface area (Å²) < 4.78 is 8.30. The Labute approximate surface area is 118 Å². The Bertz CT molecular complexity index is 809. The maximum atomic E-state index is 5.81. The number of rotatable bonds is 1. The van der Waals surface area contributed by atoms with Crippen LogP contribution in [0.25, 0.3) is 21.9 Å². The predicted octanol–water partition coefficient (Wildman–Crippen LogP) is 3.70. The number of fused-ring (bicyclic) bond motifs is 5. The van der Waals surface area contributed by atoms with Gasteiger partial charge in [0.2, 0.25) is 0 Å². The zero-order valence-corrected chi connectivity index (χ0v) is 12.4. The molecule has 104 valence electrons. The summed E-state index contributed by atoms with van der Waals surface area (Å²) in [6.07, 6.45) is 1.15. The normalized spacial score (nSPS) is 16.1. The Morgan fingerprint density at radius 2 is 2.15 bits per heavy atom. The lowest BCUT2D eigenvalue weighted by molar-refractivity contribution is 0.309. The first-order chi connectivity index (χ1) is 9.69. The van der Waals surface area contributed by atoms with Crippen molar-refractivity contribution in [3.05, 3.63) is 35.2 Å². The maximum Gasteiger partial charge on any atom is 0.135 e. The lowest BCUT2D eigenvalue weighted by atomic mass is 10.0. The first kappa shape index (κ1) is 12.0. The second kappa shape index (κ2) is 4.13. The molecule has 0 spiro atoms. The number of nitrogens with zero attached hydrogens (tertiary/aromatic N) is 2. The highest BCUT2D eigenvalue weighted by molar-refractivity contribution is 6.07. The minimum absolute atomic E-state index is 0.995. The number of aromatic nitrogens is 1. The van der Waals surface area contributed by atoms with Crippen LogP contribution in [0.2, 0.25) is 0 Å². The third-order valence-corrected chi connectivity index (χ3v) is 4.54. The van der Waals surface area contributed by atoms with Gasteiger partial charge in [-0.3, -0.25) is 0 Å². The van der Waals surface area contributed by atoms with Crippen LogP contribution < -0.4 is 0 Å². The van der Waals surface area contributed by atoms with Crippen LogP contribution in [-0.4, -0.2) is 23.1 Å². The van der Waals surface area contributed by atoms with E-state index in [0.717, 1.165) is 37.4 Å². The summed E-state index contributed by atoms with van der Waals surface area (Å²) in [5.41, 5.74) is 5.40. The molecule has 0 aliphatic carbocycles. The van der Waals surface area contributed by atoms with Crippen LogP contribution >= 0.6 is 0 Å². The van der Waals surface area contributed by atoms with Crippen molar-refractivity contribution in [2.24, 2.45) is 0 Å².